The zero-order valence-electron chi connectivity index (χ0n) is 14.5. The second-order valence-corrected chi connectivity index (χ2v) is 6.03. The Kier molecular flexibility index (Phi) is 4.15. The highest BCUT2D eigenvalue weighted by Gasteiger charge is 2.10. The van der Waals surface area contributed by atoms with E-state index < -0.39 is 0 Å². The molecule has 0 aliphatic heterocycles. The van der Waals surface area contributed by atoms with E-state index in [1.807, 2.05) is 36.4 Å². The molecule has 0 bridgehead atoms. The SMILES string of the molecule is C=Cc1cnc2c(Nc3cccc(-c4ccccc4)c3C)ncnc2c1. The highest BCUT2D eigenvalue weighted by atomic mass is 15.0. The second kappa shape index (κ2) is 6.76. The summed E-state index contributed by atoms with van der Waals surface area (Å²) in [7, 11) is 0. The van der Waals surface area contributed by atoms with E-state index in [1.54, 1.807) is 18.6 Å². The van der Waals surface area contributed by atoms with E-state index >= 15 is 0 Å². The molecule has 0 saturated heterocycles. The van der Waals surface area contributed by atoms with Crippen molar-refractivity contribution >= 4 is 28.6 Å². The molecule has 0 atom stereocenters. The standard InChI is InChI=1S/C22H18N4/c1-3-16-12-20-21(23-13-16)22(25-14-24-20)26-19-11-7-10-18(15(19)2)17-8-5-4-6-9-17/h3-14H,1H2,2H3,(H,24,25,26). The summed E-state index contributed by atoms with van der Waals surface area (Å²) in [5.74, 6) is 0.693. The van der Waals surface area contributed by atoms with Gasteiger partial charge in [0.2, 0.25) is 0 Å². The number of fused-ring (bicyclic) bond motifs is 1. The van der Waals surface area contributed by atoms with Gasteiger partial charge < -0.3 is 5.32 Å². The highest BCUT2D eigenvalue weighted by molar-refractivity contribution is 5.89. The predicted molar refractivity (Wildman–Crippen MR) is 107 cm³/mol. The van der Waals surface area contributed by atoms with Gasteiger partial charge in [-0.2, -0.15) is 0 Å². The molecular formula is C22H18N4. The summed E-state index contributed by atoms with van der Waals surface area (Å²) in [5.41, 5.74) is 7.00. The van der Waals surface area contributed by atoms with Crippen LogP contribution in [0.3, 0.4) is 0 Å². The Balaban J connectivity index is 1.77. The predicted octanol–water partition coefficient (Wildman–Crippen LogP) is 5.39. The number of hydrogen-bond donors (Lipinski definition) is 1. The average molecular weight is 338 g/mol. The Morgan fingerprint density at radius 2 is 1.81 bits per heavy atom. The first-order valence-corrected chi connectivity index (χ1v) is 8.41. The van der Waals surface area contributed by atoms with Gasteiger partial charge in [0.15, 0.2) is 5.82 Å². The zero-order valence-corrected chi connectivity index (χ0v) is 14.5. The fraction of sp³-hybridized carbons (Fsp3) is 0.0455. The quantitative estimate of drug-likeness (QED) is 0.542. The lowest BCUT2D eigenvalue weighted by atomic mass is 9.99. The lowest BCUT2D eigenvalue weighted by Gasteiger charge is -2.14. The van der Waals surface area contributed by atoms with Crippen LogP contribution < -0.4 is 5.32 Å². The third kappa shape index (κ3) is 2.93. The third-order valence-electron chi connectivity index (χ3n) is 4.40. The van der Waals surface area contributed by atoms with Gasteiger partial charge in [-0.1, -0.05) is 55.1 Å². The van der Waals surface area contributed by atoms with Crippen LogP contribution in [0.1, 0.15) is 11.1 Å². The van der Waals surface area contributed by atoms with Crippen molar-refractivity contribution in [2.24, 2.45) is 0 Å². The van der Waals surface area contributed by atoms with Crippen molar-refractivity contribution in [3.05, 3.63) is 84.8 Å². The van der Waals surface area contributed by atoms with E-state index in [-0.39, 0.29) is 0 Å². The summed E-state index contributed by atoms with van der Waals surface area (Å²) in [6, 6.07) is 18.5. The summed E-state index contributed by atoms with van der Waals surface area (Å²) in [6.45, 7) is 5.89. The number of aromatic nitrogens is 3. The molecule has 4 rings (SSSR count). The topological polar surface area (TPSA) is 50.7 Å². The maximum absolute atomic E-state index is 4.50. The Morgan fingerprint density at radius 3 is 2.62 bits per heavy atom. The molecular weight excluding hydrogens is 320 g/mol. The lowest BCUT2D eigenvalue weighted by Crippen LogP contribution is -2.00. The van der Waals surface area contributed by atoms with Crippen LogP contribution >= 0.6 is 0 Å². The minimum absolute atomic E-state index is 0.693. The normalized spacial score (nSPS) is 10.7. The first-order chi connectivity index (χ1) is 12.8. The molecule has 0 aliphatic rings. The Morgan fingerprint density at radius 1 is 0.962 bits per heavy atom. The first kappa shape index (κ1) is 16.0. The molecule has 0 fully saturated rings. The lowest BCUT2D eigenvalue weighted by molar-refractivity contribution is 1.19. The maximum Gasteiger partial charge on any atom is 0.160 e. The monoisotopic (exact) mass is 338 g/mol. The molecule has 2 heterocycles. The van der Waals surface area contributed by atoms with E-state index in [4.69, 9.17) is 0 Å². The number of anilines is 2. The van der Waals surface area contributed by atoms with E-state index in [0.29, 0.717) is 5.82 Å². The van der Waals surface area contributed by atoms with Crippen LogP contribution in [0.15, 0.2) is 73.7 Å². The van der Waals surface area contributed by atoms with Crippen molar-refractivity contribution in [1.82, 2.24) is 15.0 Å². The van der Waals surface area contributed by atoms with Crippen LogP contribution in [0.4, 0.5) is 11.5 Å². The fourth-order valence-corrected chi connectivity index (χ4v) is 2.99. The molecule has 2 aromatic carbocycles. The maximum atomic E-state index is 4.50. The molecule has 0 spiro atoms. The first-order valence-electron chi connectivity index (χ1n) is 8.41. The Labute approximate surface area is 152 Å². The van der Waals surface area contributed by atoms with Crippen LogP contribution in [-0.2, 0) is 0 Å². The van der Waals surface area contributed by atoms with Gasteiger partial charge in [-0.25, -0.2) is 9.97 Å². The highest BCUT2D eigenvalue weighted by Crippen LogP contribution is 2.31. The van der Waals surface area contributed by atoms with Crippen LogP contribution in [0.25, 0.3) is 28.2 Å². The van der Waals surface area contributed by atoms with E-state index in [1.165, 1.54) is 11.1 Å². The molecule has 2 aromatic heterocycles. The van der Waals surface area contributed by atoms with E-state index in [2.05, 4.69) is 52.0 Å². The molecule has 0 amide bonds. The average Bonchev–Trinajstić information content (AvgIpc) is 2.70. The molecule has 126 valence electrons. The number of hydrogen-bond acceptors (Lipinski definition) is 4. The number of nitrogens with zero attached hydrogens (tertiary/aromatic N) is 3. The summed E-state index contributed by atoms with van der Waals surface area (Å²) in [6.07, 6.45) is 5.09. The fourth-order valence-electron chi connectivity index (χ4n) is 2.99. The van der Waals surface area contributed by atoms with Gasteiger partial charge >= 0.3 is 0 Å². The minimum Gasteiger partial charge on any atom is -0.338 e. The van der Waals surface area contributed by atoms with Gasteiger partial charge in [-0.05, 0) is 41.3 Å². The van der Waals surface area contributed by atoms with Gasteiger partial charge in [-0.15, -0.1) is 0 Å². The molecule has 1 N–H and O–H groups in total. The smallest absolute Gasteiger partial charge is 0.160 e. The van der Waals surface area contributed by atoms with Crippen molar-refractivity contribution in [2.75, 3.05) is 5.32 Å². The molecule has 0 unspecified atom stereocenters. The number of pyridine rings is 1. The molecule has 0 radical (unpaired) electrons. The Bertz CT molecular complexity index is 1090. The molecule has 4 aromatic rings. The molecule has 0 saturated carbocycles. The van der Waals surface area contributed by atoms with E-state index in [9.17, 15) is 0 Å². The van der Waals surface area contributed by atoms with Gasteiger partial charge in [0.05, 0.1) is 5.52 Å². The number of rotatable bonds is 4. The van der Waals surface area contributed by atoms with Crippen LogP contribution in [0.5, 0.6) is 0 Å². The van der Waals surface area contributed by atoms with Crippen molar-refractivity contribution in [3.63, 3.8) is 0 Å². The second-order valence-electron chi connectivity index (χ2n) is 6.03. The third-order valence-corrected chi connectivity index (χ3v) is 4.40. The summed E-state index contributed by atoms with van der Waals surface area (Å²) < 4.78 is 0. The van der Waals surface area contributed by atoms with Gasteiger partial charge in [0, 0.05) is 11.9 Å². The van der Waals surface area contributed by atoms with Crippen LogP contribution in [-0.4, -0.2) is 15.0 Å². The number of nitrogens with one attached hydrogen (secondary N) is 1. The van der Waals surface area contributed by atoms with Crippen molar-refractivity contribution in [2.45, 2.75) is 6.92 Å². The van der Waals surface area contributed by atoms with Gasteiger partial charge in [-0.3, -0.25) is 4.98 Å². The molecule has 4 heteroatoms. The molecule has 0 aliphatic carbocycles. The Hall–Kier alpha value is -3.53. The zero-order chi connectivity index (χ0) is 17.9. The number of benzene rings is 2. The van der Waals surface area contributed by atoms with E-state index in [0.717, 1.165) is 27.8 Å². The summed E-state index contributed by atoms with van der Waals surface area (Å²) in [5, 5.41) is 3.42. The largest absolute Gasteiger partial charge is 0.338 e. The van der Waals surface area contributed by atoms with Crippen molar-refractivity contribution in [1.29, 1.82) is 0 Å². The molecule has 4 nitrogen and oxygen atoms in total. The van der Waals surface area contributed by atoms with Gasteiger partial charge in [0.1, 0.15) is 11.8 Å². The van der Waals surface area contributed by atoms with Crippen LogP contribution in [0, 0.1) is 6.92 Å². The van der Waals surface area contributed by atoms with Gasteiger partial charge in [0.25, 0.3) is 0 Å². The van der Waals surface area contributed by atoms with Crippen LogP contribution in [0.2, 0.25) is 0 Å². The van der Waals surface area contributed by atoms with Crippen molar-refractivity contribution < 1.29 is 0 Å². The summed E-state index contributed by atoms with van der Waals surface area (Å²) >= 11 is 0. The minimum atomic E-state index is 0.693. The summed E-state index contributed by atoms with van der Waals surface area (Å²) in [4.78, 5) is 13.2. The molecule has 26 heavy (non-hydrogen) atoms. The van der Waals surface area contributed by atoms with Crippen molar-refractivity contribution in [3.8, 4) is 11.1 Å².